The van der Waals surface area contributed by atoms with E-state index >= 15 is 0 Å². The molecule has 20 heavy (non-hydrogen) atoms. The third-order valence-corrected chi connectivity index (χ3v) is 4.20. The number of hydrogen-bond acceptors (Lipinski definition) is 2. The maximum absolute atomic E-state index is 11.9. The minimum Gasteiger partial charge on any atom is -0.355 e. The molecule has 1 aromatic carbocycles. The van der Waals surface area contributed by atoms with Crippen LogP contribution >= 0.6 is 0 Å². The molecule has 3 heteroatoms. The number of amides is 1. The van der Waals surface area contributed by atoms with Crippen LogP contribution in [0.5, 0.6) is 0 Å². The first-order valence-corrected chi connectivity index (χ1v) is 7.83. The van der Waals surface area contributed by atoms with Gasteiger partial charge in [-0.2, -0.15) is 0 Å². The Kier molecular flexibility index (Phi) is 6.06. The van der Waals surface area contributed by atoms with Gasteiger partial charge in [0.05, 0.1) is 6.04 Å². The van der Waals surface area contributed by atoms with Crippen molar-refractivity contribution in [3.05, 3.63) is 35.9 Å². The second kappa shape index (κ2) is 8.05. The van der Waals surface area contributed by atoms with E-state index in [9.17, 15) is 4.79 Å². The monoisotopic (exact) mass is 274 g/mol. The van der Waals surface area contributed by atoms with Crippen LogP contribution in [-0.4, -0.2) is 18.5 Å². The van der Waals surface area contributed by atoms with Gasteiger partial charge in [-0.05, 0) is 30.7 Å². The summed E-state index contributed by atoms with van der Waals surface area (Å²) in [5.41, 5.74) is 7.05. The van der Waals surface area contributed by atoms with Crippen LogP contribution in [0.1, 0.15) is 44.1 Å². The van der Waals surface area contributed by atoms with E-state index in [0.717, 1.165) is 24.4 Å². The van der Waals surface area contributed by atoms with Gasteiger partial charge in [-0.1, -0.05) is 56.0 Å². The van der Waals surface area contributed by atoms with Crippen molar-refractivity contribution in [1.82, 2.24) is 5.32 Å². The molecule has 1 aliphatic rings. The van der Waals surface area contributed by atoms with Crippen LogP contribution < -0.4 is 11.1 Å². The van der Waals surface area contributed by atoms with Crippen LogP contribution in [0, 0.1) is 5.92 Å². The quantitative estimate of drug-likeness (QED) is 0.751. The Morgan fingerprint density at radius 3 is 2.65 bits per heavy atom. The minimum absolute atomic E-state index is 0.0275. The Bertz CT molecular complexity index is 399. The Morgan fingerprint density at radius 2 is 1.95 bits per heavy atom. The smallest absolute Gasteiger partial charge is 0.237 e. The van der Waals surface area contributed by atoms with Crippen molar-refractivity contribution >= 4 is 5.91 Å². The van der Waals surface area contributed by atoms with E-state index in [2.05, 4.69) is 5.32 Å². The lowest BCUT2D eigenvalue weighted by Crippen LogP contribution is -2.42. The number of rotatable bonds is 7. The van der Waals surface area contributed by atoms with Gasteiger partial charge in [-0.3, -0.25) is 4.79 Å². The van der Waals surface area contributed by atoms with E-state index in [0.29, 0.717) is 6.42 Å². The van der Waals surface area contributed by atoms with Gasteiger partial charge in [-0.15, -0.1) is 0 Å². The van der Waals surface area contributed by atoms with Crippen LogP contribution in [-0.2, 0) is 11.2 Å². The highest BCUT2D eigenvalue weighted by Gasteiger charge is 2.16. The molecule has 110 valence electrons. The summed E-state index contributed by atoms with van der Waals surface area (Å²) in [6.07, 6.45) is 8.46. The molecule has 0 aromatic heterocycles. The largest absolute Gasteiger partial charge is 0.355 e. The standard InChI is InChI=1S/C17H26N2O/c18-16(13-15-9-2-1-3-10-15)17(20)19-12-6-11-14-7-4-5-8-14/h1-3,9-10,14,16H,4-8,11-13,18H2,(H,19,20)/t16-/m0/s1. The highest BCUT2D eigenvalue weighted by Crippen LogP contribution is 2.28. The average molecular weight is 274 g/mol. The van der Waals surface area contributed by atoms with Crippen molar-refractivity contribution in [2.45, 2.75) is 51.0 Å². The Balaban J connectivity index is 1.61. The Labute approximate surface area is 121 Å². The summed E-state index contributed by atoms with van der Waals surface area (Å²) < 4.78 is 0. The fourth-order valence-electron chi connectivity index (χ4n) is 2.99. The summed E-state index contributed by atoms with van der Waals surface area (Å²) >= 11 is 0. The molecule has 1 amide bonds. The van der Waals surface area contributed by atoms with Gasteiger partial charge in [0, 0.05) is 6.54 Å². The molecule has 0 heterocycles. The average Bonchev–Trinajstić information content (AvgIpc) is 2.97. The van der Waals surface area contributed by atoms with Crippen LogP contribution in [0.4, 0.5) is 0 Å². The van der Waals surface area contributed by atoms with Crippen LogP contribution in [0.25, 0.3) is 0 Å². The molecule has 3 N–H and O–H groups in total. The topological polar surface area (TPSA) is 55.1 Å². The van der Waals surface area contributed by atoms with E-state index in [4.69, 9.17) is 5.73 Å². The second-order valence-corrected chi connectivity index (χ2v) is 5.88. The van der Waals surface area contributed by atoms with Crippen molar-refractivity contribution in [3.63, 3.8) is 0 Å². The lowest BCUT2D eigenvalue weighted by molar-refractivity contribution is -0.122. The van der Waals surface area contributed by atoms with Gasteiger partial charge < -0.3 is 11.1 Å². The number of benzene rings is 1. The summed E-state index contributed by atoms with van der Waals surface area (Å²) in [7, 11) is 0. The van der Waals surface area contributed by atoms with E-state index in [1.807, 2.05) is 30.3 Å². The van der Waals surface area contributed by atoms with E-state index in [1.165, 1.54) is 32.1 Å². The van der Waals surface area contributed by atoms with Crippen LogP contribution in [0.3, 0.4) is 0 Å². The molecule has 0 unspecified atom stereocenters. The summed E-state index contributed by atoms with van der Waals surface area (Å²) in [4.78, 5) is 11.9. The summed E-state index contributed by atoms with van der Waals surface area (Å²) in [5, 5.41) is 2.96. The number of nitrogens with two attached hydrogens (primary N) is 1. The number of carbonyl (C=O) groups is 1. The van der Waals surface area contributed by atoms with Crippen molar-refractivity contribution < 1.29 is 4.79 Å². The summed E-state index contributed by atoms with van der Waals surface area (Å²) in [6, 6.07) is 9.49. The predicted molar refractivity (Wildman–Crippen MR) is 82.3 cm³/mol. The molecule has 1 aliphatic carbocycles. The fraction of sp³-hybridized carbons (Fsp3) is 0.588. The van der Waals surface area contributed by atoms with Gasteiger partial charge in [0.2, 0.25) is 5.91 Å². The van der Waals surface area contributed by atoms with Gasteiger partial charge in [0.25, 0.3) is 0 Å². The lowest BCUT2D eigenvalue weighted by Gasteiger charge is -2.13. The first-order chi connectivity index (χ1) is 9.75. The van der Waals surface area contributed by atoms with E-state index in [1.54, 1.807) is 0 Å². The van der Waals surface area contributed by atoms with E-state index in [-0.39, 0.29) is 5.91 Å². The minimum atomic E-state index is -0.441. The zero-order chi connectivity index (χ0) is 14.2. The number of hydrogen-bond donors (Lipinski definition) is 2. The first kappa shape index (κ1) is 15.0. The van der Waals surface area contributed by atoms with Crippen LogP contribution in [0.2, 0.25) is 0 Å². The predicted octanol–water partition coefficient (Wildman–Crippen LogP) is 2.64. The molecule has 2 rings (SSSR count). The Morgan fingerprint density at radius 1 is 1.25 bits per heavy atom. The number of nitrogens with one attached hydrogen (secondary N) is 1. The molecular formula is C17H26N2O. The SMILES string of the molecule is N[C@@H](Cc1ccccc1)C(=O)NCCCC1CCCC1. The maximum atomic E-state index is 11.9. The van der Waals surface area contributed by atoms with Crippen molar-refractivity contribution in [1.29, 1.82) is 0 Å². The van der Waals surface area contributed by atoms with Gasteiger partial charge in [0.15, 0.2) is 0 Å². The molecule has 0 aliphatic heterocycles. The molecule has 0 radical (unpaired) electrons. The fourth-order valence-corrected chi connectivity index (χ4v) is 2.99. The van der Waals surface area contributed by atoms with Gasteiger partial charge in [-0.25, -0.2) is 0 Å². The molecule has 1 atom stereocenters. The Hall–Kier alpha value is -1.35. The summed E-state index contributed by atoms with van der Waals surface area (Å²) in [6.45, 7) is 0.762. The molecule has 0 spiro atoms. The maximum Gasteiger partial charge on any atom is 0.237 e. The molecular weight excluding hydrogens is 248 g/mol. The van der Waals surface area contributed by atoms with Crippen LogP contribution in [0.15, 0.2) is 30.3 Å². The zero-order valence-corrected chi connectivity index (χ0v) is 12.2. The highest BCUT2D eigenvalue weighted by atomic mass is 16.2. The van der Waals surface area contributed by atoms with Crippen molar-refractivity contribution in [3.8, 4) is 0 Å². The second-order valence-electron chi connectivity index (χ2n) is 5.88. The van der Waals surface area contributed by atoms with Crippen molar-refractivity contribution in [2.75, 3.05) is 6.54 Å². The zero-order valence-electron chi connectivity index (χ0n) is 12.2. The van der Waals surface area contributed by atoms with Gasteiger partial charge >= 0.3 is 0 Å². The molecule has 0 saturated heterocycles. The lowest BCUT2D eigenvalue weighted by atomic mass is 10.0. The third kappa shape index (κ3) is 4.97. The highest BCUT2D eigenvalue weighted by molar-refractivity contribution is 5.81. The molecule has 1 saturated carbocycles. The number of carbonyl (C=O) groups excluding carboxylic acids is 1. The van der Waals surface area contributed by atoms with Crippen molar-refractivity contribution in [2.24, 2.45) is 11.7 Å². The normalized spacial score (nSPS) is 17.1. The molecule has 1 fully saturated rings. The van der Waals surface area contributed by atoms with Gasteiger partial charge in [0.1, 0.15) is 0 Å². The third-order valence-electron chi connectivity index (χ3n) is 4.20. The molecule has 1 aromatic rings. The molecule has 3 nitrogen and oxygen atoms in total. The van der Waals surface area contributed by atoms with E-state index < -0.39 is 6.04 Å². The summed E-state index contributed by atoms with van der Waals surface area (Å²) in [5.74, 6) is 0.866. The molecule has 0 bridgehead atoms. The first-order valence-electron chi connectivity index (χ1n) is 7.83.